The number of carbonyl (C=O) groups excluding carboxylic acids is 2. The number of hydrogen-bond acceptors (Lipinski definition) is 4. The average molecular weight is 459 g/mol. The molecule has 3 aromatic carbocycles. The van der Waals surface area contributed by atoms with Gasteiger partial charge in [-0.3, -0.25) is 9.59 Å². The summed E-state index contributed by atoms with van der Waals surface area (Å²) in [5, 5.41) is 3.05. The Kier molecular flexibility index (Phi) is 8.17. The molecule has 1 aliphatic rings. The number of amides is 2. The third-order valence-electron chi connectivity index (χ3n) is 5.94. The Hall–Kier alpha value is -3.80. The van der Waals surface area contributed by atoms with Crippen molar-refractivity contribution in [3.8, 4) is 17.2 Å². The maximum absolute atomic E-state index is 12.8. The molecule has 1 N–H and O–H groups in total. The highest BCUT2D eigenvalue weighted by Gasteiger charge is 2.27. The highest BCUT2D eigenvalue weighted by molar-refractivity contribution is 5.80. The van der Waals surface area contributed by atoms with Gasteiger partial charge in [-0.1, -0.05) is 54.6 Å². The van der Waals surface area contributed by atoms with E-state index in [0.717, 1.165) is 22.8 Å². The average Bonchev–Trinajstić information content (AvgIpc) is 2.89. The van der Waals surface area contributed by atoms with Gasteiger partial charge in [0.15, 0.2) is 0 Å². The molecule has 34 heavy (non-hydrogen) atoms. The van der Waals surface area contributed by atoms with Crippen LogP contribution in [0.15, 0.2) is 84.9 Å². The Morgan fingerprint density at radius 2 is 1.44 bits per heavy atom. The molecule has 0 atom stereocenters. The molecule has 1 heterocycles. The van der Waals surface area contributed by atoms with Crippen LogP contribution in [0.2, 0.25) is 0 Å². The maximum atomic E-state index is 12.8. The minimum absolute atomic E-state index is 0.0222. The molecule has 2 amide bonds. The van der Waals surface area contributed by atoms with Crippen LogP contribution in [0.5, 0.6) is 17.2 Å². The molecule has 0 aliphatic carbocycles. The van der Waals surface area contributed by atoms with E-state index in [-0.39, 0.29) is 17.7 Å². The quantitative estimate of drug-likeness (QED) is 0.500. The van der Waals surface area contributed by atoms with E-state index in [2.05, 4.69) is 5.32 Å². The lowest BCUT2D eigenvalue weighted by Crippen LogP contribution is -2.43. The standard InChI is InChI=1S/C28H30N2O4/c31-27(17-20-33-24-10-3-1-4-11-24)30-18-15-22(16-19-30)28(32)29-21-23-9-7-8-14-26(23)34-25-12-5-2-6-13-25/h1-14,22H,15-21H2,(H,29,32). The molecule has 0 aromatic heterocycles. The largest absolute Gasteiger partial charge is 0.493 e. The third-order valence-corrected chi connectivity index (χ3v) is 5.94. The minimum atomic E-state index is -0.0909. The molecule has 0 unspecified atom stereocenters. The SMILES string of the molecule is O=C(NCc1ccccc1Oc1ccccc1)C1CCN(C(=O)CCOc2ccccc2)CC1. The summed E-state index contributed by atoms with van der Waals surface area (Å²) >= 11 is 0. The zero-order valence-corrected chi connectivity index (χ0v) is 19.2. The fourth-order valence-electron chi connectivity index (χ4n) is 4.01. The molecule has 0 bridgehead atoms. The smallest absolute Gasteiger partial charge is 0.225 e. The van der Waals surface area contributed by atoms with Gasteiger partial charge in [0.25, 0.3) is 0 Å². The van der Waals surface area contributed by atoms with Crippen LogP contribution in [0.25, 0.3) is 0 Å². The molecule has 6 heteroatoms. The van der Waals surface area contributed by atoms with Gasteiger partial charge in [-0.15, -0.1) is 0 Å². The predicted molar refractivity (Wildman–Crippen MR) is 131 cm³/mol. The van der Waals surface area contributed by atoms with Crippen molar-refractivity contribution in [2.45, 2.75) is 25.8 Å². The Bertz CT molecular complexity index is 1060. The lowest BCUT2D eigenvalue weighted by molar-refractivity contribution is -0.136. The van der Waals surface area contributed by atoms with Crippen LogP contribution in [-0.2, 0) is 16.1 Å². The van der Waals surface area contributed by atoms with Gasteiger partial charge >= 0.3 is 0 Å². The summed E-state index contributed by atoms with van der Waals surface area (Å²) in [7, 11) is 0. The number of rotatable bonds is 9. The second-order valence-corrected chi connectivity index (χ2v) is 8.31. The van der Waals surface area contributed by atoms with E-state index in [1.165, 1.54) is 0 Å². The van der Waals surface area contributed by atoms with E-state index in [4.69, 9.17) is 9.47 Å². The first-order valence-corrected chi connectivity index (χ1v) is 11.7. The summed E-state index contributed by atoms with van der Waals surface area (Å²) in [5.41, 5.74) is 0.922. The van der Waals surface area contributed by atoms with E-state index in [1.807, 2.05) is 89.8 Å². The molecule has 1 fully saturated rings. The highest BCUT2D eigenvalue weighted by Crippen LogP contribution is 2.25. The van der Waals surface area contributed by atoms with Crippen LogP contribution >= 0.6 is 0 Å². The summed E-state index contributed by atoms with van der Waals surface area (Å²) < 4.78 is 11.6. The second-order valence-electron chi connectivity index (χ2n) is 8.31. The van der Waals surface area contributed by atoms with Gasteiger partial charge < -0.3 is 19.7 Å². The zero-order chi connectivity index (χ0) is 23.6. The van der Waals surface area contributed by atoms with Gasteiger partial charge in [-0.05, 0) is 43.2 Å². The number of para-hydroxylation sites is 3. The normalized spacial score (nSPS) is 13.8. The number of likely N-dealkylation sites (tertiary alicyclic amines) is 1. The van der Waals surface area contributed by atoms with Gasteiger partial charge in [0, 0.05) is 31.1 Å². The number of ether oxygens (including phenoxy) is 2. The van der Waals surface area contributed by atoms with Crippen molar-refractivity contribution in [2.24, 2.45) is 5.92 Å². The van der Waals surface area contributed by atoms with Gasteiger partial charge in [0.1, 0.15) is 17.2 Å². The molecule has 3 aromatic rings. The fraction of sp³-hybridized carbons (Fsp3) is 0.286. The van der Waals surface area contributed by atoms with Gasteiger partial charge in [-0.2, -0.15) is 0 Å². The van der Waals surface area contributed by atoms with Crippen molar-refractivity contribution >= 4 is 11.8 Å². The van der Waals surface area contributed by atoms with Crippen LogP contribution in [-0.4, -0.2) is 36.4 Å². The molecule has 4 rings (SSSR count). The Morgan fingerprint density at radius 3 is 2.15 bits per heavy atom. The van der Waals surface area contributed by atoms with Crippen LogP contribution in [0.4, 0.5) is 0 Å². The monoisotopic (exact) mass is 458 g/mol. The molecular weight excluding hydrogens is 428 g/mol. The molecule has 0 radical (unpaired) electrons. The first-order valence-electron chi connectivity index (χ1n) is 11.7. The zero-order valence-electron chi connectivity index (χ0n) is 19.2. The minimum Gasteiger partial charge on any atom is -0.493 e. The van der Waals surface area contributed by atoms with Crippen molar-refractivity contribution in [3.63, 3.8) is 0 Å². The van der Waals surface area contributed by atoms with E-state index in [1.54, 1.807) is 0 Å². The number of nitrogens with zero attached hydrogens (tertiary/aromatic N) is 1. The molecular formula is C28H30N2O4. The van der Waals surface area contributed by atoms with Crippen LogP contribution in [0, 0.1) is 5.92 Å². The summed E-state index contributed by atoms with van der Waals surface area (Å²) in [6.45, 7) is 1.94. The van der Waals surface area contributed by atoms with Gasteiger partial charge in [0.2, 0.25) is 11.8 Å². The van der Waals surface area contributed by atoms with Crippen LogP contribution < -0.4 is 14.8 Å². The number of nitrogens with one attached hydrogen (secondary N) is 1. The molecule has 1 aliphatic heterocycles. The maximum Gasteiger partial charge on any atom is 0.225 e. The second kappa shape index (κ2) is 11.9. The first kappa shape index (κ1) is 23.4. The molecule has 176 valence electrons. The van der Waals surface area contributed by atoms with E-state index >= 15 is 0 Å². The lowest BCUT2D eigenvalue weighted by atomic mass is 9.95. The number of piperidine rings is 1. The van der Waals surface area contributed by atoms with Gasteiger partial charge in [-0.25, -0.2) is 0 Å². The Balaban J connectivity index is 1.20. The Morgan fingerprint density at radius 1 is 0.824 bits per heavy atom. The van der Waals surface area contributed by atoms with Crippen molar-refractivity contribution < 1.29 is 19.1 Å². The summed E-state index contributed by atoms with van der Waals surface area (Å²) in [5.74, 6) is 2.25. The highest BCUT2D eigenvalue weighted by atomic mass is 16.5. The van der Waals surface area contributed by atoms with Crippen molar-refractivity contribution in [2.75, 3.05) is 19.7 Å². The molecule has 0 spiro atoms. The summed E-state index contributed by atoms with van der Waals surface area (Å²) in [6.07, 6.45) is 1.67. The summed E-state index contributed by atoms with van der Waals surface area (Å²) in [6, 6.07) is 26.8. The van der Waals surface area contributed by atoms with Crippen molar-refractivity contribution in [1.29, 1.82) is 0 Å². The predicted octanol–water partition coefficient (Wildman–Crippen LogP) is 4.80. The first-order chi connectivity index (χ1) is 16.7. The van der Waals surface area contributed by atoms with E-state index in [9.17, 15) is 9.59 Å². The molecule has 0 saturated carbocycles. The van der Waals surface area contributed by atoms with E-state index in [0.29, 0.717) is 45.5 Å². The topological polar surface area (TPSA) is 67.9 Å². The van der Waals surface area contributed by atoms with E-state index < -0.39 is 0 Å². The Labute approximate surface area is 200 Å². The van der Waals surface area contributed by atoms with Crippen molar-refractivity contribution in [1.82, 2.24) is 10.2 Å². The van der Waals surface area contributed by atoms with Gasteiger partial charge in [0.05, 0.1) is 13.0 Å². The van der Waals surface area contributed by atoms with Crippen LogP contribution in [0.1, 0.15) is 24.8 Å². The number of carbonyl (C=O) groups is 2. The molecule has 1 saturated heterocycles. The number of benzene rings is 3. The third kappa shape index (κ3) is 6.61. The van der Waals surface area contributed by atoms with Crippen molar-refractivity contribution in [3.05, 3.63) is 90.5 Å². The number of hydrogen-bond donors (Lipinski definition) is 1. The summed E-state index contributed by atoms with van der Waals surface area (Å²) in [4.78, 5) is 27.1. The lowest BCUT2D eigenvalue weighted by Gasteiger charge is -2.31. The van der Waals surface area contributed by atoms with Crippen LogP contribution in [0.3, 0.4) is 0 Å². The molecule has 6 nitrogen and oxygen atoms in total. The fourth-order valence-corrected chi connectivity index (χ4v) is 4.01.